The lowest BCUT2D eigenvalue weighted by atomic mass is 10.1. The van der Waals surface area contributed by atoms with Crippen LogP contribution in [0.25, 0.3) is 10.9 Å². The molecular formula is C21H26N4O4. The van der Waals surface area contributed by atoms with Crippen molar-refractivity contribution in [1.29, 1.82) is 0 Å². The fraction of sp³-hybridized carbons (Fsp3) is 0.524. The first-order chi connectivity index (χ1) is 14.0. The van der Waals surface area contributed by atoms with Gasteiger partial charge in [-0.3, -0.25) is 19.0 Å². The van der Waals surface area contributed by atoms with E-state index in [-0.39, 0.29) is 29.9 Å². The monoisotopic (exact) mass is 398 g/mol. The highest BCUT2D eigenvalue weighted by Crippen LogP contribution is 2.16. The van der Waals surface area contributed by atoms with Crippen LogP contribution < -0.4 is 5.56 Å². The summed E-state index contributed by atoms with van der Waals surface area (Å²) < 4.78 is 6.97. The van der Waals surface area contributed by atoms with E-state index in [1.165, 1.54) is 10.9 Å². The highest BCUT2D eigenvalue weighted by atomic mass is 16.5. The van der Waals surface area contributed by atoms with Gasteiger partial charge in [-0.2, -0.15) is 0 Å². The van der Waals surface area contributed by atoms with E-state index in [2.05, 4.69) is 4.98 Å². The van der Waals surface area contributed by atoms with E-state index in [4.69, 9.17) is 4.74 Å². The van der Waals surface area contributed by atoms with Crippen LogP contribution >= 0.6 is 0 Å². The van der Waals surface area contributed by atoms with Gasteiger partial charge in [-0.05, 0) is 31.4 Å². The van der Waals surface area contributed by atoms with Gasteiger partial charge < -0.3 is 14.5 Å². The van der Waals surface area contributed by atoms with Crippen LogP contribution in [0.5, 0.6) is 0 Å². The second kappa shape index (κ2) is 8.32. The summed E-state index contributed by atoms with van der Waals surface area (Å²) in [6, 6.07) is 5.53. The second-order valence-electron chi connectivity index (χ2n) is 7.67. The number of carbonyl (C=O) groups excluding carboxylic acids is 2. The van der Waals surface area contributed by atoms with Crippen molar-refractivity contribution in [2.75, 3.05) is 32.8 Å². The van der Waals surface area contributed by atoms with Gasteiger partial charge in [0.2, 0.25) is 5.91 Å². The molecule has 8 nitrogen and oxygen atoms in total. The average Bonchev–Trinajstić information content (AvgIpc) is 3.28. The first-order valence-electron chi connectivity index (χ1n) is 10.2. The Morgan fingerprint density at radius 2 is 1.93 bits per heavy atom. The van der Waals surface area contributed by atoms with Gasteiger partial charge in [0.05, 0.1) is 17.2 Å². The molecule has 2 amide bonds. The summed E-state index contributed by atoms with van der Waals surface area (Å²) in [5.74, 6) is 0.0316. The third kappa shape index (κ3) is 4.03. The summed E-state index contributed by atoms with van der Waals surface area (Å²) in [4.78, 5) is 45.6. The Labute approximate surface area is 169 Å². The largest absolute Gasteiger partial charge is 0.368 e. The van der Waals surface area contributed by atoms with Crippen molar-refractivity contribution < 1.29 is 14.3 Å². The Hall–Kier alpha value is -2.74. The Bertz CT molecular complexity index is 972. The van der Waals surface area contributed by atoms with Crippen LogP contribution in [0.4, 0.5) is 0 Å². The molecule has 3 heterocycles. The molecule has 1 aromatic heterocycles. The SMILES string of the molecule is Cc1cccc2c(=O)n(CCC(=O)N3CCN(C(=O)C4CCCO4)CC3)cnc12. The molecule has 1 atom stereocenters. The van der Waals surface area contributed by atoms with Gasteiger partial charge in [0.15, 0.2) is 0 Å². The number of aromatic nitrogens is 2. The van der Waals surface area contributed by atoms with Crippen molar-refractivity contribution in [2.24, 2.45) is 0 Å². The molecule has 29 heavy (non-hydrogen) atoms. The minimum Gasteiger partial charge on any atom is -0.368 e. The molecule has 2 fully saturated rings. The summed E-state index contributed by atoms with van der Waals surface area (Å²) in [5.41, 5.74) is 1.53. The molecule has 0 aliphatic carbocycles. The molecular weight excluding hydrogens is 372 g/mol. The number of aryl methyl sites for hydroxylation is 2. The maximum Gasteiger partial charge on any atom is 0.261 e. The molecule has 0 spiro atoms. The predicted octanol–water partition coefficient (Wildman–Crippen LogP) is 0.945. The fourth-order valence-electron chi connectivity index (χ4n) is 4.02. The molecule has 2 aromatic rings. The molecule has 0 bridgehead atoms. The molecule has 2 aliphatic heterocycles. The van der Waals surface area contributed by atoms with Crippen molar-refractivity contribution in [2.45, 2.75) is 38.8 Å². The summed E-state index contributed by atoms with van der Waals surface area (Å²) in [5, 5.41) is 0.571. The summed E-state index contributed by atoms with van der Waals surface area (Å²) in [6.45, 7) is 4.96. The number of hydrogen-bond donors (Lipinski definition) is 0. The highest BCUT2D eigenvalue weighted by Gasteiger charge is 2.31. The van der Waals surface area contributed by atoms with Gasteiger partial charge in [-0.1, -0.05) is 12.1 Å². The Morgan fingerprint density at radius 3 is 2.66 bits per heavy atom. The number of rotatable bonds is 4. The number of fused-ring (bicyclic) bond motifs is 1. The molecule has 8 heteroatoms. The number of ether oxygens (including phenoxy) is 1. The van der Waals surface area contributed by atoms with Gasteiger partial charge in [0, 0.05) is 45.8 Å². The van der Waals surface area contributed by atoms with Crippen molar-refractivity contribution >= 4 is 22.7 Å². The molecule has 0 radical (unpaired) electrons. The maximum absolute atomic E-state index is 12.7. The quantitative estimate of drug-likeness (QED) is 0.765. The third-order valence-corrected chi connectivity index (χ3v) is 5.77. The maximum atomic E-state index is 12.7. The van der Waals surface area contributed by atoms with Crippen LogP contribution in [-0.4, -0.2) is 70.1 Å². The lowest BCUT2D eigenvalue weighted by molar-refractivity contribution is -0.146. The van der Waals surface area contributed by atoms with E-state index in [1.807, 2.05) is 19.1 Å². The molecule has 1 aromatic carbocycles. The van der Waals surface area contributed by atoms with Crippen molar-refractivity contribution in [3.8, 4) is 0 Å². The predicted molar refractivity (Wildman–Crippen MR) is 107 cm³/mol. The minimum atomic E-state index is -0.312. The van der Waals surface area contributed by atoms with Gasteiger partial charge in [-0.15, -0.1) is 0 Å². The third-order valence-electron chi connectivity index (χ3n) is 5.77. The normalized spacial score (nSPS) is 19.7. The van der Waals surface area contributed by atoms with E-state index >= 15 is 0 Å². The average molecular weight is 398 g/mol. The van der Waals surface area contributed by atoms with E-state index in [1.54, 1.807) is 15.9 Å². The number of nitrogens with zero attached hydrogens (tertiary/aromatic N) is 4. The molecule has 1 unspecified atom stereocenters. The Morgan fingerprint density at radius 1 is 1.17 bits per heavy atom. The zero-order chi connectivity index (χ0) is 20.4. The van der Waals surface area contributed by atoms with Crippen LogP contribution in [0, 0.1) is 6.92 Å². The first kappa shape index (κ1) is 19.6. The number of benzene rings is 1. The summed E-state index contributed by atoms with van der Waals surface area (Å²) >= 11 is 0. The van der Waals surface area contributed by atoms with Crippen LogP contribution in [-0.2, 0) is 20.9 Å². The number of para-hydroxylation sites is 1. The van der Waals surface area contributed by atoms with Gasteiger partial charge >= 0.3 is 0 Å². The fourth-order valence-corrected chi connectivity index (χ4v) is 4.02. The van der Waals surface area contributed by atoms with Crippen LogP contribution in [0.1, 0.15) is 24.8 Å². The van der Waals surface area contributed by atoms with Crippen molar-refractivity contribution in [3.63, 3.8) is 0 Å². The van der Waals surface area contributed by atoms with E-state index in [0.29, 0.717) is 50.2 Å². The number of piperazine rings is 1. The first-order valence-corrected chi connectivity index (χ1v) is 10.2. The zero-order valence-electron chi connectivity index (χ0n) is 16.7. The standard InChI is InChI=1S/C21H26N4O4/c1-15-4-2-5-16-19(15)22-14-25(20(16)27)8-7-18(26)23-9-11-24(12-10-23)21(28)17-6-3-13-29-17/h2,4-5,14,17H,3,6-13H2,1H3. The lowest BCUT2D eigenvalue weighted by Gasteiger charge is -2.35. The Balaban J connectivity index is 1.33. The lowest BCUT2D eigenvalue weighted by Crippen LogP contribution is -2.53. The van der Waals surface area contributed by atoms with Crippen LogP contribution in [0.3, 0.4) is 0 Å². The van der Waals surface area contributed by atoms with Gasteiger partial charge in [-0.25, -0.2) is 4.98 Å². The van der Waals surface area contributed by atoms with Crippen molar-refractivity contribution in [3.05, 3.63) is 40.4 Å². The molecule has 2 saturated heterocycles. The second-order valence-corrected chi connectivity index (χ2v) is 7.67. The minimum absolute atomic E-state index is 0.00884. The van der Waals surface area contributed by atoms with E-state index < -0.39 is 0 Å². The van der Waals surface area contributed by atoms with Crippen LogP contribution in [0.15, 0.2) is 29.3 Å². The smallest absolute Gasteiger partial charge is 0.261 e. The number of amides is 2. The molecule has 0 N–H and O–H groups in total. The molecule has 154 valence electrons. The summed E-state index contributed by atoms with van der Waals surface area (Å²) in [7, 11) is 0. The van der Waals surface area contributed by atoms with Gasteiger partial charge in [0.1, 0.15) is 6.10 Å². The molecule has 2 aliphatic rings. The topological polar surface area (TPSA) is 84.7 Å². The number of carbonyl (C=O) groups is 2. The van der Waals surface area contributed by atoms with Crippen molar-refractivity contribution in [1.82, 2.24) is 19.4 Å². The van der Waals surface area contributed by atoms with Gasteiger partial charge in [0.25, 0.3) is 11.5 Å². The van der Waals surface area contributed by atoms with E-state index in [9.17, 15) is 14.4 Å². The summed E-state index contributed by atoms with van der Waals surface area (Å²) in [6.07, 6.45) is 3.15. The molecule has 4 rings (SSSR count). The Kier molecular flexibility index (Phi) is 5.62. The highest BCUT2D eigenvalue weighted by molar-refractivity contribution is 5.82. The molecule has 0 saturated carbocycles. The number of hydrogen-bond acceptors (Lipinski definition) is 5. The zero-order valence-corrected chi connectivity index (χ0v) is 16.7. The van der Waals surface area contributed by atoms with Crippen LogP contribution in [0.2, 0.25) is 0 Å². The van der Waals surface area contributed by atoms with E-state index in [0.717, 1.165) is 18.4 Å².